The summed E-state index contributed by atoms with van der Waals surface area (Å²) >= 11 is 3.44. The number of hydrogen-bond donors (Lipinski definition) is 1. The lowest BCUT2D eigenvalue weighted by atomic mass is 9.73. The van der Waals surface area contributed by atoms with Crippen LogP contribution in [0.15, 0.2) is 11.4 Å². The third-order valence-corrected chi connectivity index (χ3v) is 7.56. The zero-order valence-electron chi connectivity index (χ0n) is 14.4. The first-order chi connectivity index (χ1) is 11.6. The minimum Gasteiger partial charge on any atom is -0.370 e. The fraction of sp³-hybridized carbons (Fsp3) is 0.722. The molecule has 1 aromatic heterocycles. The lowest BCUT2D eigenvalue weighted by molar-refractivity contribution is -0.118. The number of amides is 1. The average molecular weight is 367 g/mol. The van der Waals surface area contributed by atoms with Crippen LogP contribution in [0.2, 0.25) is 0 Å². The van der Waals surface area contributed by atoms with Crippen LogP contribution < -0.4 is 5.32 Å². The number of thiophene rings is 1. The molecule has 1 spiro atoms. The lowest BCUT2D eigenvalue weighted by Gasteiger charge is -2.29. The minimum atomic E-state index is 0.0602. The van der Waals surface area contributed by atoms with Crippen LogP contribution in [0.4, 0.5) is 0 Å². The number of carbonyl (C=O) groups is 1. The fourth-order valence-electron chi connectivity index (χ4n) is 4.86. The van der Waals surface area contributed by atoms with Crippen molar-refractivity contribution in [1.82, 2.24) is 10.2 Å². The maximum Gasteiger partial charge on any atom is 0.229 e. The van der Waals surface area contributed by atoms with Gasteiger partial charge in [0, 0.05) is 42.9 Å². The molecular formula is C18H26N2O2S2. The molecule has 0 aromatic carbocycles. The summed E-state index contributed by atoms with van der Waals surface area (Å²) < 4.78 is 6.47. The molecule has 132 valence electrons. The molecule has 0 radical (unpaired) electrons. The van der Waals surface area contributed by atoms with Gasteiger partial charge in [0.05, 0.1) is 17.5 Å². The Hall–Kier alpha value is -0.560. The summed E-state index contributed by atoms with van der Waals surface area (Å²) in [7, 11) is 0. The molecule has 3 saturated heterocycles. The molecule has 6 heteroatoms. The highest BCUT2D eigenvalue weighted by molar-refractivity contribution is 7.99. The second kappa shape index (κ2) is 6.63. The summed E-state index contributed by atoms with van der Waals surface area (Å²) in [6, 6.07) is 2.21. The topological polar surface area (TPSA) is 41.6 Å². The zero-order chi connectivity index (χ0) is 16.7. The van der Waals surface area contributed by atoms with E-state index in [1.54, 1.807) is 11.8 Å². The Morgan fingerprint density at radius 3 is 3.21 bits per heavy atom. The Kier molecular flexibility index (Phi) is 4.67. The van der Waals surface area contributed by atoms with Crippen molar-refractivity contribution in [2.45, 2.75) is 38.0 Å². The number of nitrogens with zero attached hydrogens (tertiary/aromatic N) is 1. The Morgan fingerprint density at radius 1 is 1.58 bits per heavy atom. The van der Waals surface area contributed by atoms with Gasteiger partial charge < -0.3 is 10.1 Å². The maximum absolute atomic E-state index is 11.8. The Balaban J connectivity index is 1.41. The van der Waals surface area contributed by atoms with Gasteiger partial charge >= 0.3 is 0 Å². The number of fused-ring (bicyclic) bond motifs is 1. The molecule has 1 amide bonds. The number of likely N-dealkylation sites (tertiary alicyclic amines) is 1. The van der Waals surface area contributed by atoms with Crippen LogP contribution in [-0.4, -0.2) is 54.2 Å². The van der Waals surface area contributed by atoms with E-state index in [0.717, 1.165) is 32.6 Å². The van der Waals surface area contributed by atoms with E-state index in [1.165, 1.54) is 16.9 Å². The van der Waals surface area contributed by atoms with E-state index < -0.39 is 0 Å². The van der Waals surface area contributed by atoms with Gasteiger partial charge in [0.25, 0.3) is 0 Å². The second-order valence-electron chi connectivity index (χ2n) is 7.46. The quantitative estimate of drug-likeness (QED) is 0.840. The first kappa shape index (κ1) is 16.9. The van der Waals surface area contributed by atoms with E-state index in [9.17, 15) is 4.79 Å². The van der Waals surface area contributed by atoms with Crippen LogP contribution >= 0.6 is 23.1 Å². The van der Waals surface area contributed by atoms with E-state index in [1.807, 2.05) is 17.6 Å². The number of hydrogen-bond acceptors (Lipinski definition) is 5. The fourth-order valence-corrected chi connectivity index (χ4v) is 6.17. The molecule has 3 aliphatic rings. The molecule has 2 bridgehead atoms. The molecule has 3 aliphatic heterocycles. The molecule has 0 unspecified atom stereocenters. The van der Waals surface area contributed by atoms with Crippen molar-refractivity contribution in [2.24, 2.45) is 11.8 Å². The molecule has 1 aromatic rings. The smallest absolute Gasteiger partial charge is 0.229 e. The third kappa shape index (κ3) is 2.91. The average Bonchev–Trinajstić information content (AvgIpc) is 3.27. The molecule has 24 heavy (non-hydrogen) atoms. The molecule has 4 heterocycles. The zero-order valence-corrected chi connectivity index (χ0v) is 16.0. The molecular weight excluding hydrogens is 340 g/mol. The highest BCUT2D eigenvalue weighted by atomic mass is 32.2. The van der Waals surface area contributed by atoms with Crippen molar-refractivity contribution in [3.05, 3.63) is 21.9 Å². The molecule has 1 N–H and O–H groups in total. The number of nitrogens with one attached hydrogen (secondary N) is 1. The monoisotopic (exact) mass is 366 g/mol. The van der Waals surface area contributed by atoms with E-state index in [2.05, 4.69) is 28.6 Å². The van der Waals surface area contributed by atoms with Crippen molar-refractivity contribution >= 4 is 29.0 Å². The van der Waals surface area contributed by atoms with Crippen molar-refractivity contribution < 1.29 is 9.53 Å². The van der Waals surface area contributed by atoms with Gasteiger partial charge in [-0.05, 0) is 43.0 Å². The first-order valence-corrected chi connectivity index (χ1v) is 11.1. The summed E-state index contributed by atoms with van der Waals surface area (Å²) in [5.74, 6) is 1.77. The molecule has 0 saturated carbocycles. The highest BCUT2D eigenvalue weighted by Crippen LogP contribution is 2.54. The van der Waals surface area contributed by atoms with Crippen LogP contribution in [0, 0.1) is 18.8 Å². The largest absolute Gasteiger partial charge is 0.370 e. The number of carbonyl (C=O) groups excluding carboxylic acids is 1. The van der Waals surface area contributed by atoms with E-state index in [4.69, 9.17) is 4.74 Å². The summed E-state index contributed by atoms with van der Waals surface area (Å²) in [5.41, 5.74) is 1.46. The summed E-state index contributed by atoms with van der Waals surface area (Å²) in [5, 5.41) is 5.32. The van der Waals surface area contributed by atoms with Gasteiger partial charge in [0.2, 0.25) is 5.91 Å². The van der Waals surface area contributed by atoms with Gasteiger partial charge in [-0.15, -0.1) is 11.3 Å². The number of rotatable bonds is 6. The van der Waals surface area contributed by atoms with Crippen LogP contribution in [0.1, 0.15) is 23.3 Å². The normalized spacial score (nSPS) is 34.7. The van der Waals surface area contributed by atoms with Crippen molar-refractivity contribution in [3.8, 4) is 0 Å². The SMILES string of the molecule is CSCC(=O)NC[C@H]1[C@H]2CN(Cc3sccc3C)C[C@]23CC[C@H]1O3. The van der Waals surface area contributed by atoms with E-state index >= 15 is 0 Å². The standard InChI is InChI=1S/C18H26N2O2S2/c1-12-4-6-24-16(12)9-20-8-14-13(7-19-17(21)10-23-2)15-3-5-18(14,11-20)22-15/h4,6,13-15H,3,5,7-11H2,1-2H3,(H,19,21)/t13-,14+,15+,18+/m0/s1. The van der Waals surface area contributed by atoms with Gasteiger partial charge in [-0.2, -0.15) is 11.8 Å². The number of thioether (sulfide) groups is 1. The Bertz CT molecular complexity index is 620. The van der Waals surface area contributed by atoms with E-state index in [-0.39, 0.29) is 11.5 Å². The van der Waals surface area contributed by atoms with Gasteiger partial charge in [0.15, 0.2) is 0 Å². The van der Waals surface area contributed by atoms with Gasteiger partial charge in [-0.25, -0.2) is 0 Å². The maximum atomic E-state index is 11.8. The van der Waals surface area contributed by atoms with Crippen molar-refractivity contribution in [1.29, 1.82) is 0 Å². The molecule has 4 nitrogen and oxygen atoms in total. The third-order valence-electron chi connectivity index (χ3n) is 6.00. The number of ether oxygens (including phenoxy) is 1. The van der Waals surface area contributed by atoms with Crippen LogP contribution in [0.25, 0.3) is 0 Å². The van der Waals surface area contributed by atoms with Gasteiger partial charge in [-0.1, -0.05) is 0 Å². The van der Waals surface area contributed by atoms with Gasteiger partial charge in [-0.3, -0.25) is 9.69 Å². The molecule has 3 fully saturated rings. The van der Waals surface area contributed by atoms with E-state index in [0.29, 0.717) is 23.7 Å². The van der Waals surface area contributed by atoms with Gasteiger partial charge in [0.1, 0.15) is 0 Å². The summed E-state index contributed by atoms with van der Waals surface area (Å²) in [6.45, 7) is 6.19. The summed E-state index contributed by atoms with van der Waals surface area (Å²) in [6.07, 6.45) is 4.68. The van der Waals surface area contributed by atoms with Crippen LogP contribution in [0.3, 0.4) is 0 Å². The lowest BCUT2D eigenvalue weighted by Crippen LogP contribution is -2.42. The first-order valence-electron chi connectivity index (χ1n) is 8.80. The summed E-state index contributed by atoms with van der Waals surface area (Å²) in [4.78, 5) is 15.9. The highest BCUT2D eigenvalue weighted by Gasteiger charge is 2.62. The van der Waals surface area contributed by atoms with Crippen molar-refractivity contribution in [3.63, 3.8) is 0 Å². The molecule has 0 aliphatic carbocycles. The second-order valence-corrected chi connectivity index (χ2v) is 9.33. The van der Waals surface area contributed by atoms with Crippen molar-refractivity contribution in [2.75, 3.05) is 31.6 Å². The Morgan fingerprint density at radius 2 is 2.46 bits per heavy atom. The number of aryl methyl sites for hydroxylation is 1. The molecule has 4 rings (SSSR count). The van der Waals surface area contributed by atoms with Crippen LogP contribution in [0.5, 0.6) is 0 Å². The minimum absolute atomic E-state index is 0.0602. The Labute approximate surface area is 152 Å². The predicted molar refractivity (Wildman–Crippen MR) is 99.5 cm³/mol. The predicted octanol–water partition coefficient (Wildman–Crippen LogP) is 2.52. The molecule has 4 atom stereocenters. The van der Waals surface area contributed by atoms with Crippen LogP contribution in [-0.2, 0) is 16.1 Å².